The summed E-state index contributed by atoms with van der Waals surface area (Å²) in [5.74, 6) is 0.350. The van der Waals surface area contributed by atoms with Gasteiger partial charge in [0.2, 0.25) is 5.91 Å². The maximum Gasteiger partial charge on any atom is 0.266 e. The smallest absolute Gasteiger partial charge is 0.266 e. The summed E-state index contributed by atoms with van der Waals surface area (Å²) in [6.45, 7) is 6.45. The van der Waals surface area contributed by atoms with Gasteiger partial charge in [-0.2, -0.15) is 0 Å². The minimum atomic E-state index is -0.458. The second-order valence-corrected chi connectivity index (χ2v) is 9.00. The molecule has 0 saturated heterocycles. The minimum absolute atomic E-state index is 0.140. The number of aryl methyl sites for hydroxylation is 1. The van der Waals surface area contributed by atoms with E-state index in [9.17, 15) is 9.59 Å². The number of hydrogen-bond acceptors (Lipinski definition) is 3. The van der Waals surface area contributed by atoms with E-state index in [1.54, 1.807) is 39.8 Å². The maximum atomic E-state index is 13.7. The van der Waals surface area contributed by atoms with Gasteiger partial charge >= 0.3 is 0 Å². The normalized spacial score (nSPS) is 12.2. The Labute approximate surface area is 210 Å². The molecule has 0 bridgehead atoms. The van der Waals surface area contributed by atoms with Crippen molar-refractivity contribution >= 4 is 34.5 Å². The van der Waals surface area contributed by atoms with E-state index in [1.807, 2.05) is 75.4 Å². The fraction of sp³-hybridized carbons (Fsp3) is 0.207. The van der Waals surface area contributed by atoms with Gasteiger partial charge in [0, 0.05) is 17.6 Å². The lowest BCUT2D eigenvalue weighted by Gasteiger charge is -2.29. The van der Waals surface area contributed by atoms with E-state index in [0.717, 1.165) is 17.5 Å². The zero-order chi connectivity index (χ0) is 24.9. The van der Waals surface area contributed by atoms with Gasteiger partial charge in [0.05, 0.1) is 22.6 Å². The van der Waals surface area contributed by atoms with E-state index in [-0.39, 0.29) is 11.5 Å². The van der Waals surface area contributed by atoms with Gasteiger partial charge < -0.3 is 4.90 Å². The Kier molecular flexibility index (Phi) is 7.47. The highest BCUT2D eigenvalue weighted by atomic mass is 35.5. The summed E-state index contributed by atoms with van der Waals surface area (Å²) in [5, 5.41) is 0.978. The van der Waals surface area contributed by atoms with Crippen LogP contribution in [0.1, 0.15) is 43.3 Å². The molecule has 0 aliphatic heterocycles. The molecule has 4 rings (SSSR count). The molecule has 1 amide bonds. The Morgan fingerprint density at radius 1 is 1.09 bits per heavy atom. The number of halogens is 1. The predicted octanol–water partition coefficient (Wildman–Crippen LogP) is 6.36. The van der Waals surface area contributed by atoms with Crippen LogP contribution in [-0.4, -0.2) is 26.9 Å². The lowest BCUT2D eigenvalue weighted by Crippen LogP contribution is -2.37. The number of benzene rings is 3. The van der Waals surface area contributed by atoms with Gasteiger partial charge in [0.15, 0.2) is 0 Å². The third-order valence-electron chi connectivity index (χ3n) is 5.96. The molecule has 0 radical (unpaired) electrons. The number of amides is 1. The molecule has 0 fully saturated rings. The Balaban J connectivity index is 1.84. The fourth-order valence-corrected chi connectivity index (χ4v) is 4.27. The third-order valence-corrected chi connectivity index (χ3v) is 6.19. The van der Waals surface area contributed by atoms with E-state index < -0.39 is 6.04 Å². The van der Waals surface area contributed by atoms with Crippen LogP contribution in [0.15, 0.2) is 83.7 Å². The molecule has 1 aromatic heterocycles. The highest BCUT2D eigenvalue weighted by Crippen LogP contribution is 2.25. The molecule has 3 aromatic carbocycles. The molecule has 5 nitrogen and oxygen atoms in total. The quantitative estimate of drug-likeness (QED) is 0.286. The average Bonchev–Trinajstić information content (AvgIpc) is 2.86. The van der Waals surface area contributed by atoms with Crippen molar-refractivity contribution in [1.29, 1.82) is 0 Å². The SMILES string of the molecule is CCCN(C(=O)/C=C/c1ccccc1)C(C)c1nc2cc(Cl)ccc2c(=O)n1-c1ccc(C)cc1. The molecule has 6 heteroatoms. The van der Waals surface area contributed by atoms with E-state index in [1.165, 1.54) is 0 Å². The second kappa shape index (κ2) is 10.7. The fourth-order valence-electron chi connectivity index (χ4n) is 4.10. The number of aromatic nitrogens is 2. The van der Waals surface area contributed by atoms with Crippen molar-refractivity contribution < 1.29 is 4.79 Å². The van der Waals surface area contributed by atoms with Crippen LogP contribution in [0.2, 0.25) is 5.02 Å². The van der Waals surface area contributed by atoms with Crippen molar-refractivity contribution in [2.45, 2.75) is 33.2 Å². The summed E-state index contributed by atoms with van der Waals surface area (Å²) in [7, 11) is 0. The first-order valence-corrected chi connectivity index (χ1v) is 12.1. The summed E-state index contributed by atoms with van der Waals surface area (Å²) in [6, 6.07) is 22.0. The molecule has 178 valence electrons. The minimum Gasteiger partial charge on any atom is -0.329 e. The van der Waals surface area contributed by atoms with Crippen molar-refractivity contribution in [3.05, 3.63) is 111 Å². The number of hydrogen-bond donors (Lipinski definition) is 0. The Bertz CT molecular complexity index is 1430. The van der Waals surface area contributed by atoms with E-state index in [2.05, 4.69) is 0 Å². The summed E-state index contributed by atoms with van der Waals surface area (Å²) in [4.78, 5) is 33.6. The zero-order valence-corrected chi connectivity index (χ0v) is 20.9. The molecule has 1 unspecified atom stereocenters. The number of carbonyl (C=O) groups excluding carboxylic acids is 1. The Morgan fingerprint density at radius 2 is 1.80 bits per heavy atom. The lowest BCUT2D eigenvalue weighted by molar-refractivity contribution is -0.128. The van der Waals surface area contributed by atoms with Crippen LogP contribution >= 0.6 is 11.6 Å². The van der Waals surface area contributed by atoms with Crippen molar-refractivity contribution in [2.75, 3.05) is 6.54 Å². The molecule has 4 aromatic rings. The summed E-state index contributed by atoms with van der Waals surface area (Å²) in [6.07, 6.45) is 4.15. The standard InChI is InChI=1S/C29H28ClN3O2/c1-4-18-32(27(34)17-12-22-8-6-5-7-9-22)21(3)28-31-26-19-23(30)13-16-25(26)29(35)33(28)24-14-10-20(2)11-15-24/h5-17,19,21H,4,18H2,1-3H3/b17-12+. The van der Waals surface area contributed by atoms with Gasteiger partial charge in [-0.25, -0.2) is 4.98 Å². The molecular formula is C29H28ClN3O2. The van der Waals surface area contributed by atoms with Crippen LogP contribution in [0.3, 0.4) is 0 Å². The maximum absolute atomic E-state index is 13.7. The molecule has 1 heterocycles. The second-order valence-electron chi connectivity index (χ2n) is 8.56. The lowest BCUT2D eigenvalue weighted by atomic mass is 10.1. The van der Waals surface area contributed by atoms with Crippen LogP contribution in [0.4, 0.5) is 0 Å². The number of nitrogens with zero attached hydrogens (tertiary/aromatic N) is 3. The van der Waals surface area contributed by atoms with Crippen LogP contribution in [0, 0.1) is 6.92 Å². The molecule has 35 heavy (non-hydrogen) atoms. The Morgan fingerprint density at radius 3 is 2.49 bits per heavy atom. The Hall–Kier alpha value is -3.70. The highest BCUT2D eigenvalue weighted by Gasteiger charge is 2.25. The first-order valence-electron chi connectivity index (χ1n) is 11.7. The van der Waals surface area contributed by atoms with Gasteiger partial charge in [0.25, 0.3) is 5.56 Å². The summed E-state index contributed by atoms with van der Waals surface area (Å²) in [5.41, 5.74) is 3.05. The third kappa shape index (κ3) is 5.36. The van der Waals surface area contributed by atoms with Crippen LogP contribution in [0.5, 0.6) is 0 Å². The van der Waals surface area contributed by atoms with Crippen LogP contribution in [-0.2, 0) is 4.79 Å². The van der Waals surface area contributed by atoms with Gasteiger partial charge in [-0.3, -0.25) is 14.2 Å². The number of fused-ring (bicyclic) bond motifs is 1. The molecule has 0 aliphatic carbocycles. The first kappa shape index (κ1) is 24.4. The van der Waals surface area contributed by atoms with E-state index >= 15 is 0 Å². The van der Waals surface area contributed by atoms with Gasteiger partial charge in [-0.05, 0) is 62.2 Å². The number of carbonyl (C=O) groups is 1. The van der Waals surface area contributed by atoms with Crippen LogP contribution < -0.4 is 5.56 Å². The monoisotopic (exact) mass is 485 g/mol. The van der Waals surface area contributed by atoms with Crippen molar-refractivity contribution in [3.63, 3.8) is 0 Å². The largest absolute Gasteiger partial charge is 0.329 e. The van der Waals surface area contributed by atoms with Crippen molar-refractivity contribution in [1.82, 2.24) is 14.5 Å². The molecule has 1 atom stereocenters. The highest BCUT2D eigenvalue weighted by molar-refractivity contribution is 6.31. The molecule has 0 spiro atoms. The average molecular weight is 486 g/mol. The summed E-state index contributed by atoms with van der Waals surface area (Å²) < 4.78 is 1.61. The predicted molar refractivity (Wildman–Crippen MR) is 143 cm³/mol. The van der Waals surface area contributed by atoms with Gasteiger partial charge in [-0.1, -0.05) is 66.6 Å². The molecule has 0 N–H and O–H groups in total. The number of rotatable bonds is 7. The van der Waals surface area contributed by atoms with Crippen LogP contribution in [0.25, 0.3) is 22.7 Å². The molecule has 0 saturated carbocycles. The van der Waals surface area contributed by atoms with Gasteiger partial charge in [-0.15, -0.1) is 0 Å². The van der Waals surface area contributed by atoms with Crippen molar-refractivity contribution in [2.24, 2.45) is 0 Å². The zero-order valence-electron chi connectivity index (χ0n) is 20.1. The topological polar surface area (TPSA) is 55.2 Å². The van der Waals surface area contributed by atoms with E-state index in [0.29, 0.717) is 34.0 Å². The van der Waals surface area contributed by atoms with Crippen molar-refractivity contribution in [3.8, 4) is 5.69 Å². The van der Waals surface area contributed by atoms with Gasteiger partial charge in [0.1, 0.15) is 5.82 Å². The van der Waals surface area contributed by atoms with E-state index in [4.69, 9.17) is 16.6 Å². The summed E-state index contributed by atoms with van der Waals surface area (Å²) >= 11 is 6.22. The molecule has 0 aliphatic rings. The molecular weight excluding hydrogens is 458 g/mol. The first-order chi connectivity index (χ1) is 16.9.